The summed E-state index contributed by atoms with van der Waals surface area (Å²) in [5.41, 5.74) is -0.175. The van der Waals surface area contributed by atoms with Crippen LogP contribution in [-0.2, 0) is 4.74 Å². The van der Waals surface area contributed by atoms with Gasteiger partial charge in [0.2, 0.25) is 0 Å². The van der Waals surface area contributed by atoms with E-state index in [1.165, 1.54) is 0 Å². The summed E-state index contributed by atoms with van der Waals surface area (Å²) in [5.74, 6) is 0. The first-order valence-corrected chi connectivity index (χ1v) is 9.25. The Labute approximate surface area is 147 Å². The number of alkyl halides is 3. The molecule has 0 aromatic rings. The van der Waals surface area contributed by atoms with Crippen LogP contribution < -0.4 is 0 Å². The fraction of sp³-hybridized carbons (Fsp3) is 0.867. The first-order chi connectivity index (χ1) is 9.42. The molecule has 0 amide bonds. The van der Waals surface area contributed by atoms with Gasteiger partial charge >= 0.3 is 0 Å². The summed E-state index contributed by atoms with van der Waals surface area (Å²) < 4.78 is 5.27. The van der Waals surface area contributed by atoms with Crippen LogP contribution in [0, 0.1) is 10.8 Å². The van der Waals surface area contributed by atoms with E-state index in [4.69, 9.17) is 16.3 Å². The lowest BCUT2D eigenvalue weighted by Gasteiger charge is -2.58. The fourth-order valence-corrected chi connectivity index (χ4v) is 6.33. The Morgan fingerprint density at radius 3 is 2.43 bits per heavy atom. The Hall–Kier alpha value is 0.870. The first-order valence-electron chi connectivity index (χ1n) is 7.17. The third-order valence-corrected chi connectivity index (χ3v) is 9.84. The maximum atomic E-state index is 10.5. The summed E-state index contributed by atoms with van der Waals surface area (Å²) in [6.45, 7) is 10.3. The number of fused-ring (bicyclic) bond motifs is 1. The number of aliphatic hydroxyl groups is 2. The van der Waals surface area contributed by atoms with Crippen molar-refractivity contribution in [1.82, 2.24) is 0 Å². The van der Waals surface area contributed by atoms with Crippen molar-refractivity contribution in [2.45, 2.75) is 66.1 Å². The molecule has 1 heterocycles. The Bertz CT molecular complexity index is 509. The van der Waals surface area contributed by atoms with E-state index >= 15 is 0 Å². The van der Waals surface area contributed by atoms with E-state index in [0.717, 1.165) is 6.42 Å². The highest BCUT2D eigenvalue weighted by molar-refractivity contribution is 9.10. The van der Waals surface area contributed by atoms with Gasteiger partial charge in [0, 0.05) is 15.7 Å². The summed E-state index contributed by atoms with van der Waals surface area (Å²) >= 11 is 14.0. The number of hydrogen-bond acceptors (Lipinski definition) is 3. The molecule has 2 aliphatic carbocycles. The highest BCUT2D eigenvalue weighted by Crippen LogP contribution is 2.73. The zero-order chi connectivity index (χ0) is 16.0. The first kappa shape index (κ1) is 16.7. The quantitative estimate of drug-likeness (QED) is 0.445. The average molecular weight is 445 g/mol. The summed E-state index contributed by atoms with van der Waals surface area (Å²) in [7, 11) is 0. The molecule has 2 bridgehead atoms. The Kier molecular flexibility index (Phi) is 3.57. The van der Waals surface area contributed by atoms with Crippen LogP contribution in [0.25, 0.3) is 0 Å². The molecule has 3 rings (SSSR count). The lowest BCUT2D eigenvalue weighted by atomic mass is 9.48. The molecule has 0 unspecified atom stereocenters. The van der Waals surface area contributed by atoms with Crippen molar-refractivity contribution in [2.75, 3.05) is 0 Å². The van der Waals surface area contributed by atoms with E-state index in [1.54, 1.807) is 0 Å². The van der Waals surface area contributed by atoms with Gasteiger partial charge in [0.15, 0.2) is 4.51 Å². The van der Waals surface area contributed by atoms with Crippen molar-refractivity contribution in [3.8, 4) is 0 Å². The third kappa shape index (κ3) is 1.71. The van der Waals surface area contributed by atoms with Gasteiger partial charge in [-0.2, -0.15) is 0 Å². The molecule has 7 atom stereocenters. The molecule has 2 saturated carbocycles. The predicted molar refractivity (Wildman–Crippen MR) is 90.1 cm³/mol. The van der Waals surface area contributed by atoms with E-state index < -0.39 is 32.4 Å². The van der Waals surface area contributed by atoms with Crippen LogP contribution in [0.4, 0.5) is 0 Å². The van der Waals surface area contributed by atoms with Crippen molar-refractivity contribution >= 4 is 43.5 Å². The van der Waals surface area contributed by atoms with Crippen molar-refractivity contribution in [3.05, 3.63) is 12.2 Å². The summed E-state index contributed by atoms with van der Waals surface area (Å²) in [6.07, 6.45) is -0.865. The minimum absolute atomic E-state index is 0.0832. The topological polar surface area (TPSA) is 49.7 Å². The molecule has 0 aromatic carbocycles. The molecule has 3 aliphatic rings. The van der Waals surface area contributed by atoms with Gasteiger partial charge in [-0.05, 0) is 25.3 Å². The fourth-order valence-electron chi connectivity index (χ4n) is 4.59. The molecule has 0 radical (unpaired) electrons. The molecule has 21 heavy (non-hydrogen) atoms. The second-order valence-electron chi connectivity index (χ2n) is 7.42. The second kappa shape index (κ2) is 4.48. The van der Waals surface area contributed by atoms with Crippen LogP contribution in [0.2, 0.25) is 0 Å². The molecule has 120 valence electrons. The van der Waals surface area contributed by atoms with Crippen LogP contribution in [-0.4, -0.2) is 42.7 Å². The van der Waals surface area contributed by atoms with E-state index in [9.17, 15) is 10.2 Å². The Morgan fingerprint density at radius 1 is 1.29 bits per heavy atom. The molecule has 1 saturated heterocycles. The molecular formula is C15H21Br2ClO3. The molecular weight excluding hydrogens is 423 g/mol. The van der Waals surface area contributed by atoms with Crippen LogP contribution in [0.3, 0.4) is 0 Å². The van der Waals surface area contributed by atoms with Gasteiger partial charge < -0.3 is 14.9 Å². The van der Waals surface area contributed by atoms with Crippen LogP contribution in [0.5, 0.6) is 0 Å². The van der Waals surface area contributed by atoms with E-state index in [-0.39, 0.29) is 10.9 Å². The number of ether oxygens (including phenoxy) is 1. The summed E-state index contributed by atoms with van der Waals surface area (Å²) in [5, 5.41) is 21.0. The third-order valence-electron chi connectivity index (χ3n) is 6.18. The normalized spacial score (nSPS) is 59.0. The van der Waals surface area contributed by atoms with Crippen molar-refractivity contribution in [3.63, 3.8) is 0 Å². The molecule has 3 fully saturated rings. The Morgan fingerprint density at radius 2 is 1.86 bits per heavy atom. The van der Waals surface area contributed by atoms with E-state index in [0.29, 0.717) is 12.0 Å². The molecule has 0 aromatic heterocycles. The van der Waals surface area contributed by atoms with Crippen LogP contribution >= 0.6 is 43.5 Å². The molecule has 2 N–H and O–H groups in total. The van der Waals surface area contributed by atoms with Gasteiger partial charge in [-0.25, -0.2) is 0 Å². The van der Waals surface area contributed by atoms with Gasteiger partial charge in [0.1, 0.15) is 12.2 Å². The molecule has 1 aliphatic heterocycles. The van der Waals surface area contributed by atoms with Crippen LogP contribution in [0.15, 0.2) is 12.2 Å². The zero-order valence-electron chi connectivity index (χ0n) is 12.4. The van der Waals surface area contributed by atoms with E-state index in [2.05, 4.69) is 52.3 Å². The second-order valence-corrected chi connectivity index (χ2v) is 10.6. The van der Waals surface area contributed by atoms with Gasteiger partial charge in [-0.15, -0.1) is 11.6 Å². The molecule has 6 heteroatoms. The lowest BCUT2D eigenvalue weighted by Crippen LogP contribution is -2.64. The highest BCUT2D eigenvalue weighted by Gasteiger charge is 2.77. The van der Waals surface area contributed by atoms with E-state index in [1.807, 2.05) is 6.92 Å². The molecule has 3 nitrogen and oxygen atoms in total. The Balaban J connectivity index is 2.19. The average Bonchev–Trinajstić information content (AvgIpc) is 2.50. The summed E-state index contributed by atoms with van der Waals surface area (Å²) in [6, 6.07) is 0. The number of aliphatic hydroxyl groups excluding tert-OH is 2. The van der Waals surface area contributed by atoms with Gasteiger partial charge in [0.05, 0.1) is 11.0 Å². The zero-order valence-corrected chi connectivity index (χ0v) is 16.3. The summed E-state index contributed by atoms with van der Waals surface area (Å²) in [4.78, 5) is -0.344. The molecule has 1 spiro atoms. The number of rotatable bonds is 0. The van der Waals surface area contributed by atoms with Gasteiger partial charge in [0.25, 0.3) is 0 Å². The minimum Gasteiger partial charge on any atom is -0.386 e. The number of halogens is 3. The van der Waals surface area contributed by atoms with Crippen molar-refractivity contribution in [2.24, 2.45) is 10.8 Å². The van der Waals surface area contributed by atoms with Crippen molar-refractivity contribution < 1.29 is 14.9 Å². The SMILES string of the molecule is C=C1[C@H](O)[C@@H](O)[C@@]2(Br)O[C@H]3C[C@](C)(Cl)[C@H](Br)C[C@@]13C2(C)C. The number of hydrogen-bond donors (Lipinski definition) is 2. The maximum Gasteiger partial charge on any atom is 0.157 e. The maximum absolute atomic E-state index is 10.5. The highest BCUT2D eigenvalue weighted by atomic mass is 79.9. The predicted octanol–water partition coefficient (Wildman–Crippen LogP) is 3.34. The monoisotopic (exact) mass is 442 g/mol. The van der Waals surface area contributed by atoms with Crippen molar-refractivity contribution in [1.29, 1.82) is 0 Å². The standard InChI is InChI=1S/C15H21Br2ClO3/c1-7-10(19)11(20)15(17)12(2,3)14(7)5-8(16)13(4,18)6-9(14)21-15/h8-11,19-20H,1,5-6H2,2-4H3/t8-,9+,10+,11-,13+,14-,15-/m1/s1. The largest absolute Gasteiger partial charge is 0.386 e. The van der Waals surface area contributed by atoms with Gasteiger partial charge in [-0.3, -0.25) is 0 Å². The minimum atomic E-state index is -1.05. The lowest BCUT2D eigenvalue weighted by molar-refractivity contribution is -0.126. The smallest absolute Gasteiger partial charge is 0.157 e. The van der Waals surface area contributed by atoms with Crippen LogP contribution in [0.1, 0.15) is 33.6 Å². The van der Waals surface area contributed by atoms with Gasteiger partial charge in [-0.1, -0.05) is 52.3 Å².